The molecule has 0 saturated carbocycles. The Balaban J connectivity index is 2.98. The number of nitrogens with zero attached hydrogens (tertiary/aromatic N) is 1. The van der Waals surface area contributed by atoms with Crippen LogP contribution in [-0.2, 0) is 14.3 Å². The lowest BCUT2D eigenvalue weighted by atomic mass is 10.2. The molecule has 0 aliphatic rings. The zero-order valence-corrected chi connectivity index (χ0v) is 13.9. The third-order valence-corrected chi connectivity index (χ3v) is 3.04. The van der Waals surface area contributed by atoms with Crippen molar-refractivity contribution in [2.75, 3.05) is 19.0 Å². The van der Waals surface area contributed by atoms with Crippen LogP contribution in [0.4, 0.5) is 23.7 Å². The number of esters is 1. The number of amides is 1. The lowest BCUT2D eigenvalue weighted by molar-refractivity contribution is -0.185. The zero-order chi connectivity index (χ0) is 19.0. The number of methoxy groups -OCH3 is 1. The van der Waals surface area contributed by atoms with E-state index in [0.717, 1.165) is 7.11 Å². The van der Waals surface area contributed by atoms with E-state index < -0.39 is 30.9 Å². The molecule has 0 fully saturated rings. The van der Waals surface area contributed by atoms with E-state index in [1.54, 1.807) is 12.1 Å². The van der Waals surface area contributed by atoms with Gasteiger partial charge in [0.2, 0.25) is 0 Å². The van der Waals surface area contributed by atoms with Crippen LogP contribution < -0.4 is 10.7 Å². The molecule has 7 nitrogen and oxygen atoms in total. The first-order chi connectivity index (χ1) is 11.6. The highest BCUT2D eigenvalue weighted by atomic mass is 35.5. The summed E-state index contributed by atoms with van der Waals surface area (Å²) in [4.78, 5) is 23.0. The fourth-order valence-electron chi connectivity index (χ4n) is 1.55. The van der Waals surface area contributed by atoms with Crippen LogP contribution in [0.1, 0.15) is 6.92 Å². The van der Waals surface area contributed by atoms with Gasteiger partial charge in [0.1, 0.15) is 0 Å². The van der Waals surface area contributed by atoms with Gasteiger partial charge in [-0.05, 0) is 19.1 Å². The van der Waals surface area contributed by atoms with E-state index >= 15 is 0 Å². The van der Waals surface area contributed by atoms with Crippen molar-refractivity contribution in [3.8, 4) is 0 Å². The summed E-state index contributed by atoms with van der Waals surface area (Å²) in [6, 6.07) is 4.84. The molecule has 138 valence electrons. The smallest absolute Gasteiger partial charge is 0.427 e. The molecule has 0 spiro atoms. The number of hydrogen-bond acceptors (Lipinski definition) is 6. The Morgan fingerprint density at radius 1 is 1.32 bits per heavy atom. The number of anilines is 1. The lowest BCUT2D eigenvalue weighted by Crippen LogP contribution is -2.40. The SMILES string of the molecule is COC(=O)NN=C(C)C(Nc1ccccc1Cl)C(=O)OCC(F)(F)F. The summed E-state index contributed by atoms with van der Waals surface area (Å²) in [6.07, 6.45) is -5.60. The first-order valence-corrected chi connectivity index (χ1v) is 7.14. The molecule has 0 aromatic heterocycles. The number of carbonyl (C=O) groups excluding carboxylic acids is 2. The van der Waals surface area contributed by atoms with Gasteiger partial charge in [-0.15, -0.1) is 0 Å². The van der Waals surface area contributed by atoms with Crippen LogP contribution in [-0.4, -0.2) is 43.7 Å². The van der Waals surface area contributed by atoms with Gasteiger partial charge in [-0.2, -0.15) is 18.3 Å². The topological polar surface area (TPSA) is 89.0 Å². The molecule has 1 aromatic carbocycles. The van der Waals surface area contributed by atoms with E-state index in [-0.39, 0.29) is 16.4 Å². The number of hydrogen-bond donors (Lipinski definition) is 2. The zero-order valence-electron chi connectivity index (χ0n) is 13.2. The van der Waals surface area contributed by atoms with E-state index in [2.05, 4.69) is 19.9 Å². The number of ether oxygens (including phenoxy) is 2. The maximum atomic E-state index is 12.2. The summed E-state index contributed by atoms with van der Waals surface area (Å²) in [5.41, 5.74) is 2.16. The van der Waals surface area contributed by atoms with Gasteiger partial charge in [-0.3, -0.25) is 0 Å². The molecule has 0 saturated heterocycles. The Labute approximate surface area is 146 Å². The minimum absolute atomic E-state index is 0.0718. The third kappa shape index (κ3) is 7.29. The first-order valence-electron chi connectivity index (χ1n) is 6.76. The number of rotatable bonds is 6. The second-order valence-corrected chi connectivity index (χ2v) is 5.04. The standard InChI is InChI=1S/C14H15ClF3N3O4/c1-8(20-21-13(23)24-2)11(12(22)25-7-14(16,17)18)19-10-6-4-3-5-9(10)15/h3-6,11,19H,7H2,1-2H3,(H,21,23). The molecule has 2 N–H and O–H groups in total. The summed E-state index contributed by atoms with van der Waals surface area (Å²) < 4.78 is 45.3. The Morgan fingerprint density at radius 2 is 1.96 bits per heavy atom. The number of halogens is 4. The number of carbonyl (C=O) groups is 2. The summed E-state index contributed by atoms with van der Waals surface area (Å²) in [5.74, 6) is -1.25. The van der Waals surface area contributed by atoms with Crippen molar-refractivity contribution in [3.63, 3.8) is 0 Å². The minimum atomic E-state index is -4.68. The Morgan fingerprint density at radius 3 is 2.52 bits per heavy atom. The molecule has 11 heteroatoms. The average Bonchev–Trinajstić information content (AvgIpc) is 2.55. The molecule has 1 rings (SSSR count). The molecule has 0 heterocycles. The number of benzene rings is 1. The van der Waals surface area contributed by atoms with Crippen LogP contribution in [0.5, 0.6) is 0 Å². The van der Waals surface area contributed by atoms with Crippen molar-refractivity contribution >= 4 is 35.1 Å². The highest BCUT2D eigenvalue weighted by Crippen LogP contribution is 2.22. The van der Waals surface area contributed by atoms with Crippen LogP contribution in [0.2, 0.25) is 5.02 Å². The normalized spacial score (nSPS) is 13.0. The summed E-state index contributed by atoms with van der Waals surface area (Å²) in [7, 11) is 1.09. The second kappa shape index (κ2) is 9.11. The van der Waals surface area contributed by atoms with E-state index in [0.29, 0.717) is 0 Å². The number of nitrogens with one attached hydrogen (secondary N) is 2. The monoisotopic (exact) mass is 381 g/mol. The second-order valence-electron chi connectivity index (χ2n) is 4.64. The molecule has 1 atom stereocenters. The van der Waals surface area contributed by atoms with Crippen molar-refractivity contribution < 1.29 is 32.2 Å². The number of alkyl halides is 3. The molecular formula is C14H15ClF3N3O4. The van der Waals surface area contributed by atoms with E-state index in [1.165, 1.54) is 19.1 Å². The Bertz CT molecular complexity index is 652. The van der Waals surface area contributed by atoms with Gasteiger partial charge < -0.3 is 14.8 Å². The predicted octanol–water partition coefficient (Wildman–Crippen LogP) is 2.96. The molecule has 0 radical (unpaired) electrons. The lowest BCUT2D eigenvalue weighted by Gasteiger charge is -2.19. The van der Waals surface area contributed by atoms with Crippen LogP contribution in [0.3, 0.4) is 0 Å². The molecule has 0 bridgehead atoms. The average molecular weight is 382 g/mol. The highest BCUT2D eigenvalue weighted by molar-refractivity contribution is 6.33. The molecular weight excluding hydrogens is 367 g/mol. The fourth-order valence-corrected chi connectivity index (χ4v) is 1.74. The maximum Gasteiger partial charge on any atom is 0.427 e. The van der Waals surface area contributed by atoms with Crippen LogP contribution in [0.15, 0.2) is 29.4 Å². The van der Waals surface area contributed by atoms with Gasteiger partial charge in [0.15, 0.2) is 12.6 Å². The van der Waals surface area contributed by atoms with Crippen molar-refractivity contribution in [1.82, 2.24) is 5.43 Å². The van der Waals surface area contributed by atoms with Crippen molar-refractivity contribution in [3.05, 3.63) is 29.3 Å². The molecule has 25 heavy (non-hydrogen) atoms. The molecule has 1 amide bonds. The molecule has 1 unspecified atom stereocenters. The van der Waals surface area contributed by atoms with Gasteiger partial charge in [0, 0.05) is 0 Å². The van der Waals surface area contributed by atoms with E-state index in [4.69, 9.17) is 11.6 Å². The Hall–Kier alpha value is -2.49. The molecule has 1 aromatic rings. The summed E-state index contributed by atoms with van der Waals surface area (Å²) >= 11 is 5.95. The van der Waals surface area contributed by atoms with Gasteiger partial charge in [-0.25, -0.2) is 15.0 Å². The number of hydrazone groups is 1. The largest absolute Gasteiger partial charge is 0.454 e. The van der Waals surface area contributed by atoms with Crippen molar-refractivity contribution in [2.45, 2.75) is 19.1 Å². The highest BCUT2D eigenvalue weighted by Gasteiger charge is 2.32. The molecule has 0 aliphatic heterocycles. The van der Waals surface area contributed by atoms with Crippen molar-refractivity contribution in [2.24, 2.45) is 5.10 Å². The third-order valence-electron chi connectivity index (χ3n) is 2.71. The maximum absolute atomic E-state index is 12.2. The molecule has 0 aliphatic carbocycles. The van der Waals surface area contributed by atoms with Crippen LogP contribution in [0, 0.1) is 0 Å². The van der Waals surface area contributed by atoms with Crippen molar-refractivity contribution in [1.29, 1.82) is 0 Å². The number of para-hydroxylation sites is 1. The van der Waals surface area contributed by atoms with E-state index in [1.807, 2.05) is 5.43 Å². The van der Waals surface area contributed by atoms with Crippen LogP contribution in [0.25, 0.3) is 0 Å². The van der Waals surface area contributed by atoms with E-state index in [9.17, 15) is 22.8 Å². The first kappa shape index (κ1) is 20.6. The van der Waals surface area contributed by atoms with Gasteiger partial charge in [0.25, 0.3) is 0 Å². The minimum Gasteiger partial charge on any atom is -0.454 e. The Kier molecular flexibility index (Phi) is 7.49. The summed E-state index contributed by atoms with van der Waals surface area (Å²) in [6.45, 7) is -0.455. The predicted molar refractivity (Wildman–Crippen MR) is 84.5 cm³/mol. The van der Waals surface area contributed by atoms with Gasteiger partial charge >= 0.3 is 18.2 Å². The van der Waals surface area contributed by atoms with Gasteiger partial charge in [-0.1, -0.05) is 23.7 Å². The van der Waals surface area contributed by atoms with Gasteiger partial charge in [0.05, 0.1) is 23.5 Å². The van der Waals surface area contributed by atoms with Crippen LogP contribution >= 0.6 is 11.6 Å². The summed E-state index contributed by atoms with van der Waals surface area (Å²) in [5, 5.41) is 6.45. The fraction of sp³-hybridized carbons (Fsp3) is 0.357. The quantitative estimate of drug-likeness (QED) is 0.449.